The van der Waals surface area contributed by atoms with Gasteiger partial charge in [-0.15, -0.1) is 0 Å². The predicted octanol–water partition coefficient (Wildman–Crippen LogP) is -1.66. The molecule has 1 fully saturated rings. The van der Waals surface area contributed by atoms with Gasteiger partial charge in [-0.05, 0) is 6.07 Å². The number of carbonyl (C=O) groups excluding carboxylic acids is 1. The van der Waals surface area contributed by atoms with Crippen molar-refractivity contribution in [2.24, 2.45) is 0 Å². The summed E-state index contributed by atoms with van der Waals surface area (Å²) >= 11 is 0. The Morgan fingerprint density at radius 2 is 1.83 bits per heavy atom. The molecule has 3 rings (SSSR count). The van der Waals surface area contributed by atoms with Gasteiger partial charge >= 0.3 is 12.0 Å². The highest BCUT2D eigenvalue weighted by atomic mass is 16.7. The number of aromatic nitrogens is 2. The molecule has 0 bridgehead atoms. The number of nitrogens with zero attached hydrogens (tertiary/aromatic N) is 2. The summed E-state index contributed by atoms with van der Waals surface area (Å²) in [5, 5.41) is 38.8. The molecular weight excluding hydrogens is 308 g/mol. The van der Waals surface area contributed by atoms with E-state index in [-0.39, 0.29) is 6.01 Å². The minimum atomic E-state index is -1.83. The molecule has 0 radical (unpaired) electrons. The van der Waals surface area contributed by atoms with Crippen LogP contribution in [-0.4, -0.2) is 67.1 Å². The van der Waals surface area contributed by atoms with Crippen LogP contribution in [0.4, 0.5) is 0 Å². The van der Waals surface area contributed by atoms with Crippen LogP contribution >= 0.6 is 0 Å². The maximum Gasteiger partial charge on any atom is 0.346 e. The lowest BCUT2D eigenvalue weighted by molar-refractivity contribution is -0.279. The lowest BCUT2D eigenvalue weighted by Crippen LogP contribution is -2.60. The van der Waals surface area contributed by atoms with Gasteiger partial charge in [0.2, 0.25) is 0 Å². The SMILES string of the molecule is O=C(Oc1ncc2ccccc2n1)C1OC(O)C(O)C(O)C1O. The Bertz CT molecular complexity index is 725. The number of rotatable bonds is 2. The van der Waals surface area contributed by atoms with Gasteiger partial charge < -0.3 is 29.9 Å². The maximum absolute atomic E-state index is 12.0. The molecule has 2 heterocycles. The molecule has 4 N–H and O–H groups in total. The van der Waals surface area contributed by atoms with E-state index in [1.165, 1.54) is 6.20 Å². The van der Waals surface area contributed by atoms with E-state index in [2.05, 4.69) is 9.97 Å². The van der Waals surface area contributed by atoms with E-state index in [1.54, 1.807) is 24.3 Å². The molecule has 9 heteroatoms. The van der Waals surface area contributed by atoms with Crippen LogP contribution in [0.25, 0.3) is 10.9 Å². The summed E-state index contributed by atoms with van der Waals surface area (Å²) in [6.07, 6.45) is -7.31. The average Bonchev–Trinajstić information content (AvgIpc) is 2.56. The van der Waals surface area contributed by atoms with Crippen molar-refractivity contribution < 1.29 is 34.7 Å². The quantitative estimate of drug-likeness (QED) is 0.477. The molecule has 9 nitrogen and oxygen atoms in total. The average molecular weight is 322 g/mol. The van der Waals surface area contributed by atoms with Gasteiger partial charge in [0, 0.05) is 11.6 Å². The largest absolute Gasteiger partial charge is 0.389 e. The molecule has 5 atom stereocenters. The summed E-state index contributed by atoms with van der Waals surface area (Å²) in [6, 6.07) is 6.77. The van der Waals surface area contributed by atoms with Crippen molar-refractivity contribution in [3.05, 3.63) is 30.5 Å². The first-order chi connectivity index (χ1) is 11.0. The van der Waals surface area contributed by atoms with Crippen LogP contribution in [0.1, 0.15) is 0 Å². The van der Waals surface area contributed by atoms with Crippen molar-refractivity contribution >= 4 is 16.9 Å². The highest BCUT2D eigenvalue weighted by Crippen LogP contribution is 2.21. The van der Waals surface area contributed by atoms with E-state index in [0.717, 1.165) is 5.39 Å². The standard InChI is InChI=1S/C14H14N2O7/c17-8-9(18)11(22-12(20)10(8)19)13(21)23-14-15-5-6-3-1-2-4-7(6)16-14/h1-5,8-12,17-20H. The first-order valence-corrected chi connectivity index (χ1v) is 6.78. The number of aliphatic hydroxyl groups is 4. The fraction of sp³-hybridized carbons (Fsp3) is 0.357. The Morgan fingerprint density at radius 3 is 2.61 bits per heavy atom. The number of esters is 1. The monoisotopic (exact) mass is 322 g/mol. The Hall–Kier alpha value is -2.17. The summed E-state index contributed by atoms with van der Waals surface area (Å²) in [7, 11) is 0. The van der Waals surface area contributed by atoms with Gasteiger partial charge in [-0.2, -0.15) is 4.98 Å². The zero-order valence-corrected chi connectivity index (χ0v) is 11.7. The summed E-state index contributed by atoms with van der Waals surface area (Å²) in [5.74, 6) is -1.10. The van der Waals surface area contributed by atoms with E-state index >= 15 is 0 Å². The third-order valence-corrected chi connectivity index (χ3v) is 3.48. The summed E-state index contributed by atoms with van der Waals surface area (Å²) in [5.41, 5.74) is 0.547. The van der Waals surface area contributed by atoms with E-state index in [0.29, 0.717) is 5.52 Å². The van der Waals surface area contributed by atoms with Crippen LogP contribution in [0.2, 0.25) is 0 Å². The molecule has 122 valence electrons. The minimum absolute atomic E-state index is 0.264. The lowest BCUT2D eigenvalue weighted by Gasteiger charge is -2.36. The molecule has 2 aromatic rings. The fourth-order valence-corrected chi connectivity index (χ4v) is 2.21. The highest BCUT2D eigenvalue weighted by Gasteiger charge is 2.47. The zero-order chi connectivity index (χ0) is 16.6. The van der Waals surface area contributed by atoms with Crippen molar-refractivity contribution in [3.63, 3.8) is 0 Å². The smallest absolute Gasteiger partial charge is 0.346 e. The Morgan fingerprint density at radius 1 is 1.09 bits per heavy atom. The number of carbonyl (C=O) groups is 1. The topological polar surface area (TPSA) is 142 Å². The van der Waals surface area contributed by atoms with E-state index in [9.17, 15) is 25.2 Å². The Labute approximate surface area is 129 Å². The number of benzene rings is 1. The third-order valence-electron chi connectivity index (χ3n) is 3.48. The Balaban J connectivity index is 1.77. The summed E-state index contributed by atoms with van der Waals surface area (Å²) in [4.78, 5) is 19.9. The highest BCUT2D eigenvalue weighted by molar-refractivity contribution is 5.80. The molecule has 1 aromatic heterocycles. The first kappa shape index (κ1) is 15.7. The van der Waals surface area contributed by atoms with E-state index in [1.807, 2.05) is 0 Å². The van der Waals surface area contributed by atoms with Crippen LogP contribution in [0.5, 0.6) is 6.01 Å². The van der Waals surface area contributed by atoms with Crippen molar-refractivity contribution in [1.82, 2.24) is 9.97 Å². The van der Waals surface area contributed by atoms with Gasteiger partial charge in [-0.25, -0.2) is 9.78 Å². The van der Waals surface area contributed by atoms with Crippen molar-refractivity contribution in [3.8, 4) is 6.01 Å². The van der Waals surface area contributed by atoms with Crippen LogP contribution in [-0.2, 0) is 9.53 Å². The van der Waals surface area contributed by atoms with Crippen molar-refractivity contribution in [1.29, 1.82) is 0 Å². The van der Waals surface area contributed by atoms with E-state index < -0.39 is 36.7 Å². The van der Waals surface area contributed by atoms with Crippen molar-refractivity contribution in [2.45, 2.75) is 30.7 Å². The molecule has 1 aromatic carbocycles. The number of hydrogen-bond acceptors (Lipinski definition) is 9. The number of ether oxygens (including phenoxy) is 2. The molecule has 0 spiro atoms. The fourth-order valence-electron chi connectivity index (χ4n) is 2.21. The van der Waals surface area contributed by atoms with Crippen LogP contribution in [0, 0.1) is 0 Å². The molecule has 0 saturated carbocycles. The van der Waals surface area contributed by atoms with Gasteiger partial charge in [0.1, 0.15) is 18.3 Å². The minimum Gasteiger partial charge on any atom is -0.389 e. The summed E-state index contributed by atoms with van der Waals surface area (Å²) in [6.45, 7) is 0. The normalized spacial score (nSPS) is 31.0. The second kappa shape index (κ2) is 6.14. The van der Waals surface area contributed by atoms with Gasteiger partial charge in [0.15, 0.2) is 12.4 Å². The number of para-hydroxylation sites is 1. The molecular formula is C14H14N2O7. The van der Waals surface area contributed by atoms with Crippen LogP contribution in [0.3, 0.4) is 0 Å². The molecule has 5 unspecified atom stereocenters. The summed E-state index contributed by atoms with van der Waals surface area (Å²) < 4.78 is 9.68. The maximum atomic E-state index is 12.0. The predicted molar refractivity (Wildman–Crippen MR) is 74.1 cm³/mol. The second-order valence-electron chi connectivity index (χ2n) is 5.05. The number of fused-ring (bicyclic) bond motifs is 1. The van der Waals surface area contributed by atoms with Gasteiger partial charge in [-0.1, -0.05) is 18.2 Å². The number of aliphatic hydroxyl groups excluding tert-OH is 4. The lowest BCUT2D eigenvalue weighted by atomic mass is 9.99. The van der Waals surface area contributed by atoms with E-state index in [4.69, 9.17) is 9.47 Å². The second-order valence-corrected chi connectivity index (χ2v) is 5.05. The van der Waals surface area contributed by atoms with Crippen LogP contribution in [0.15, 0.2) is 30.5 Å². The third kappa shape index (κ3) is 3.00. The van der Waals surface area contributed by atoms with Crippen molar-refractivity contribution in [2.75, 3.05) is 0 Å². The molecule has 23 heavy (non-hydrogen) atoms. The first-order valence-electron chi connectivity index (χ1n) is 6.78. The van der Waals surface area contributed by atoms with Gasteiger partial charge in [0.05, 0.1) is 5.52 Å². The Kier molecular flexibility index (Phi) is 4.20. The molecule has 1 saturated heterocycles. The van der Waals surface area contributed by atoms with Crippen LogP contribution < -0.4 is 4.74 Å². The molecule has 0 aliphatic carbocycles. The molecule has 1 aliphatic rings. The number of hydrogen-bond donors (Lipinski definition) is 4. The van der Waals surface area contributed by atoms with Gasteiger partial charge in [0.25, 0.3) is 0 Å². The van der Waals surface area contributed by atoms with Gasteiger partial charge in [-0.3, -0.25) is 0 Å². The molecule has 0 amide bonds. The zero-order valence-electron chi connectivity index (χ0n) is 11.7. The molecule has 1 aliphatic heterocycles.